The third-order valence-electron chi connectivity index (χ3n) is 15.2. The molecule has 0 amide bonds. The second-order valence-electron chi connectivity index (χ2n) is 18.4. The zero-order valence-electron chi connectivity index (χ0n) is 29.8. The minimum absolute atomic E-state index is 0.0129. The molecule has 6 fully saturated rings. The Hall–Kier alpha value is -1.15. The minimum atomic E-state index is -1.90. The smallest absolute Gasteiger partial charge is 0.303 e. The maximum Gasteiger partial charge on any atom is 0.303 e. The summed E-state index contributed by atoms with van der Waals surface area (Å²) in [5.74, 6) is -2.63. The molecule has 4 saturated carbocycles. The Kier molecular flexibility index (Phi) is 7.86. The van der Waals surface area contributed by atoms with E-state index in [4.69, 9.17) is 18.9 Å². The predicted molar refractivity (Wildman–Crippen MR) is 172 cm³/mol. The van der Waals surface area contributed by atoms with Crippen molar-refractivity contribution >= 4 is 5.97 Å². The van der Waals surface area contributed by atoms with Crippen molar-refractivity contribution in [1.82, 2.24) is 0 Å². The third kappa shape index (κ3) is 4.35. The Morgan fingerprint density at radius 1 is 1.06 bits per heavy atom. The van der Waals surface area contributed by atoms with Crippen LogP contribution in [0.4, 0.5) is 0 Å². The average molecular weight is 679 g/mol. The predicted octanol–water partition coefficient (Wildman–Crippen LogP) is 2.57. The van der Waals surface area contributed by atoms with Crippen LogP contribution in [0.1, 0.15) is 100 Å². The van der Waals surface area contributed by atoms with Gasteiger partial charge in [-0.05, 0) is 92.3 Å². The first kappa shape index (κ1) is 35.3. The van der Waals surface area contributed by atoms with Crippen LogP contribution in [0.3, 0.4) is 0 Å². The highest BCUT2D eigenvalue weighted by Gasteiger charge is 2.85. The lowest BCUT2D eigenvalue weighted by Crippen LogP contribution is -2.61. The number of fused-ring (bicyclic) bond motifs is 4. The molecule has 0 bridgehead atoms. The van der Waals surface area contributed by atoms with E-state index in [0.717, 1.165) is 38.5 Å². The molecule has 0 aromatic rings. The van der Waals surface area contributed by atoms with Crippen LogP contribution in [0, 0.1) is 44.8 Å². The summed E-state index contributed by atoms with van der Waals surface area (Å²) in [6, 6.07) is 0. The molecule has 11 nitrogen and oxygen atoms in total. The van der Waals surface area contributed by atoms with Crippen molar-refractivity contribution in [2.24, 2.45) is 44.8 Å². The summed E-state index contributed by atoms with van der Waals surface area (Å²) < 4.78 is 24.2. The molecule has 2 aliphatic heterocycles. The van der Waals surface area contributed by atoms with E-state index in [1.54, 1.807) is 13.8 Å². The Morgan fingerprint density at radius 2 is 1.75 bits per heavy atom. The molecule has 0 aromatic carbocycles. The van der Waals surface area contributed by atoms with E-state index in [1.807, 2.05) is 0 Å². The van der Waals surface area contributed by atoms with Gasteiger partial charge in [0.15, 0.2) is 18.2 Å². The molecule has 2 saturated heterocycles. The van der Waals surface area contributed by atoms with Crippen LogP contribution in [-0.4, -0.2) is 104 Å². The van der Waals surface area contributed by atoms with Crippen molar-refractivity contribution in [3.8, 4) is 0 Å². The van der Waals surface area contributed by atoms with E-state index >= 15 is 0 Å². The van der Waals surface area contributed by atoms with E-state index in [0.29, 0.717) is 6.42 Å². The summed E-state index contributed by atoms with van der Waals surface area (Å²) in [5.41, 5.74) is -1.83. The highest BCUT2D eigenvalue weighted by atomic mass is 16.7. The van der Waals surface area contributed by atoms with Gasteiger partial charge in [0.25, 0.3) is 0 Å². The SMILES string of the molecule is CC(=O)OC(C1CC(C)C2C(O)(O1)C(O)C1(C)C3=CCC4C(C)(C)C(OC5OCC(O)C(O)C5O)CCC45CC35CCC21C)C(C)(C)O. The standard InChI is InChI=1S/C37H58O11/c1-18-15-21(28(32(5,6)43)46-19(2)38)48-37(44)27(18)33(7)13-14-36-17-35(36)12-11-24(47-29-26(41)25(40)20(39)16-45-29)31(3,4)22(35)9-10-23(36)34(33,8)30(37)42/h10,18,20-22,24-30,39-44H,9,11-17H2,1-8H3. The molecule has 6 N–H and O–H groups in total. The number of rotatable bonds is 5. The molecule has 16 atom stereocenters. The molecule has 7 rings (SSSR count). The minimum Gasteiger partial charge on any atom is -0.457 e. The molecule has 2 spiro atoms. The molecule has 16 unspecified atom stereocenters. The molecule has 7 aliphatic rings. The van der Waals surface area contributed by atoms with Crippen molar-refractivity contribution in [2.75, 3.05) is 6.61 Å². The molecular weight excluding hydrogens is 620 g/mol. The Bertz CT molecular complexity index is 1360. The highest BCUT2D eigenvalue weighted by molar-refractivity contribution is 5.66. The first-order valence-corrected chi connectivity index (χ1v) is 18.1. The number of aliphatic hydroxyl groups excluding tert-OH is 4. The molecule has 48 heavy (non-hydrogen) atoms. The lowest BCUT2D eigenvalue weighted by atomic mass is 9.44. The molecule has 11 heteroatoms. The van der Waals surface area contributed by atoms with Crippen LogP contribution in [0.2, 0.25) is 0 Å². The third-order valence-corrected chi connectivity index (χ3v) is 15.2. The van der Waals surface area contributed by atoms with E-state index in [-0.39, 0.29) is 46.7 Å². The molecule has 2 heterocycles. The fraction of sp³-hybridized carbons (Fsp3) is 0.919. The summed E-state index contributed by atoms with van der Waals surface area (Å²) in [6.07, 6.45) is -0.0661. The quantitative estimate of drug-likeness (QED) is 0.186. The molecular formula is C37H58O11. The molecule has 272 valence electrons. The van der Waals surface area contributed by atoms with Crippen molar-refractivity contribution in [1.29, 1.82) is 0 Å². The van der Waals surface area contributed by atoms with Gasteiger partial charge >= 0.3 is 5.97 Å². The number of allylic oxidation sites excluding steroid dienone is 1. The number of hydrogen-bond donors (Lipinski definition) is 6. The molecule has 0 aromatic heterocycles. The van der Waals surface area contributed by atoms with E-state index in [9.17, 15) is 35.4 Å². The summed E-state index contributed by atoms with van der Waals surface area (Å²) in [5, 5.41) is 66.9. The van der Waals surface area contributed by atoms with Gasteiger partial charge in [0.2, 0.25) is 0 Å². The Morgan fingerprint density at radius 3 is 2.40 bits per heavy atom. The number of carbonyl (C=O) groups is 1. The Labute approximate surface area is 284 Å². The number of hydrogen-bond acceptors (Lipinski definition) is 11. The van der Waals surface area contributed by atoms with E-state index in [2.05, 4.69) is 40.7 Å². The zero-order valence-corrected chi connectivity index (χ0v) is 29.8. The number of ether oxygens (including phenoxy) is 4. The van der Waals surface area contributed by atoms with Gasteiger partial charge in [-0.1, -0.05) is 46.3 Å². The summed E-state index contributed by atoms with van der Waals surface area (Å²) >= 11 is 0. The fourth-order valence-electron chi connectivity index (χ4n) is 13.0. The fourth-order valence-corrected chi connectivity index (χ4v) is 13.0. The van der Waals surface area contributed by atoms with Gasteiger partial charge in [-0.3, -0.25) is 4.79 Å². The average Bonchev–Trinajstić information content (AvgIpc) is 3.62. The first-order chi connectivity index (χ1) is 22.1. The van der Waals surface area contributed by atoms with Gasteiger partial charge in [-0.25, -0.2) is 0 Å². The van der Waals surface area contributed by atoms with Crippen LogP contribution in [0.5, 0.6) is 0 Å². The normalized spacial score (nSPS) is 54.4. The molecule has 0 radical (unpaired) electrons. The lowest BCUT2D eigenvalue weighted by Gasteiger charge is -2.60. The van der Waals surface area contributed by atoms with Crippen molar-refractivity contribution in [2.45, 2.75) is 161 Å². The van der Waals surface area contributed by atoms with Crippen LogP contribution >= 0.6 is 0 Å². The maximum atomic E-state index is 12.6. The van der Waals surface area contributed by atoms with E-state index < -0.39 is 71.1 Å². The zero-order chi connectivity index (χ0) is 35.2. The van der Waals surface area contributed by atoms with Gasteiger partial charge in [0.05, 0.1) is 18.3 Å². The van der Waals surface area contributed by atoms with Crippen LogP contribution in [-0.2, 0) is 23.7 Å². The van der Waals surface area contributed by atoms with Crippen LogP contribution < -0.4 is 0 Å². The second-order valence-corrected chi connectivity index (χ2v) is 18.4. The van der Waals surface area contributed by atoms with Gasteiger partial charge < -0.3 is 49.6 Å². The highest BCUT2D eigenvalue weighted by Crippen LogP contribution is 2.88. The van der Waals surface area contributed by atoms with Crippen molar-refractivity contribution in [3.63, 3.8) is 0 Å². The summed E-state index contributed by atoms with van der Waals surface area (Å²) in [4.78, 5) is 12.1. The topological polar surface area (TPSA) is 175 Å². The van der Waals surface area contributed by atoms with Crippen LogP contribution in [0.15, 0.2) is 11.6 Å². The van der Waals surface area contributed by atoms with Crippen LogP contribution in [0.25, 0.3) is 0 Å². The first-order valence-electron chi connectivity index (χ1n) is 18.1. The second kappa shape index (κ2) is 10.7. The summed E-state index contributed by atoms with van der Waals surface area (Å²) in [6.45, 7) is 15.2. The van der Waals surface area contributed by atoms with Crippen molar-refractivity contribution in [3.05, 3.63) is 11.6 Å². The van der Waals surface area contributed by atoms with Crippen molar-refractivity contribution < 1.29 is 54.4 Å². The Balaban J connectivity index is 1.20. The largest absolute Gasteiger partial charge is 0.457 e. The van der Waals surface area contributed by atoms with Gasteiger partial charge in [0, 0.05) is 18.3 Å². The number of aliphatic hydroxyl groups is 6. The van der Waals surface area contributed by atoms with Gasteiger partial charge in [-0.15, -0.1) is 0 Å². The monoisotopic (exact) mass is 678 g/mol. The van der Waals surface area contributed by atoms with E-state index in [1.165, 1.54) is 12.5 Å². The van der Waals surface area contributed by atoms with Gasteiger partial charge in [0.1, 0.15) is 30.5 Å². The maximum absolute atomic E-state index is 12.6. The lowest BCUT2D eigenvalue weighted by molar-refractivity contribution is -0.341. The summed E-state index contributed by atoms with van der Waals surface area (Å²) in [7, 11) is 0. The number of esters is 1. The molecule has 5 aliphatic carbocycles. The number of carbonyl (C=O) groups excluding carboxylic acids is 1. The van der Waals surface area contributed by atoms with Gasteiger partial charge in [-0.2, -0.15) is 0 Å².